The molecule has 4 nitrogen and oxygen atoms in total. The van der Waals surface area contributed by atoms with Crippen molar-refractivity contribution in [2.75, 3.05) is 7.11 Å². The standard InChI is InChI=1S/C18H27NO3/c1-7-12(2)15(17(21)22-6)19-16(20)13-8-10-14(11-9-13)18(3,4)5/h8-12,15H,7H2,1-6H3,(H,19,20)/t12-,15-/m1/s1. The van der Waals surface area contributed by atoms with E-state index in [4.69, 9.17) is 4.74 Å². The van der Waals surface area contributed by atoms with Crippen LogP contribution in [0.1, 0.15) is 57.0 Å². The van der Waals surface area contributed by atoms with Gasteiger partial charge >= 0.3 is 5.97 Å². The lowest BCUT2D eigenvalue weighted by atomic mass is 9.86. The number of carbonyl (C=O) groups is 2. The first-order valence-electron chi connectivity index (χ1n) is 7.70. The summed E-state index contributed by atoms with van der Waals surface area (Å²) in [6.45, 7) is 10.3. The Hall–Kier alpha value is -1.84. The van der Waals surface area contributed by atoms with Gasteiger partial charge in [-0.25, -0.2) is 4.79 Å². The van der Waals surface area contributed by atoms with Gasteiger partial charge in [-0.3, -0.25) is 4.79 Å². The van der Waals surface area contributed by atoms with Gasteiger partial charge in [-0.15, -0.1) is 0 Å². The van der Waals surface area contributed by atoms with Crippen LogP contribution in [0.2, 0.25) is 0 Å². The predicted octanol–water partition coefficient (Wildman–Crippen LogP) is 3.30. The van der Waals surface area contributed by atoms with Crippen LogP contribution in [-0.4, -0.2) is 25.0 Å². The van der Waals surface area contributed by atoms with Crippen molar-refractivity contribution in [1.82, 2.24) is 5.32 Å². The van der Waals surface area contributed by atoms with E-state index in [2.05, 4.69) is 26.1 Å². The molecule has 22 heavy (non-hydrogen) atoms. The van der Waals surface area contributed by atoms with Crippen LogP contribution >= 0.6 is 0 Å². The van der Waals surface area contributed by atoms with Crippen LogP contribution in [0.3, 0.4) is 0 Å². The summed E-state index contributed by atoms with van der Waals surface area (Å²) in [5, 5.41) is 2.78. The molecule has 122 valence electrons. The lowest BCUT2D eigenvalue weighted by molar-refractivity contribution is -0.144. The molecule has 0 radical (unpaired) electrons. The van der Waals surface area contributed by atoms with E-state index in [0.717, 1.165) is 12.0 Å². The van der Waals surface area contributed by atoms with Crippen LogP contribution in [0, 0.1) is 5.92 Å². The van der Waals surface area contributed by atoms with Gasteiger partial charge in [0.25, 0.3) is 5.91 Å². The molecule has 0 aliphatic heterocycles. The van der Waals surface area contributed by atoms with Gasteiger partial charge in [0.05, 0.1) is 7.11 Å². The smallest absolute Gasteiger partial charge is 0.328 e. The Labute approximate surface area is 133 Å². The topological polar surface area (TPSA) is 55.4 Å². The molecular formula is C18H27NO3. The maximum Gasteiger partial charge on any atom is 0.328 e. The summed E-state index contributed by atoms with van der Waals surface area (Å²) >= 11 is 0. The first-order valence-corrected chi connectivity index (χ1v) is 7.70. The number of ether oxygens (including phenoxy) is 1. The summed E-state index contributed by atoms with van der Waals surface area (Å²) in [4.78, 5) is 24.2. The SMILES string of the molecule is CC[C@@H](C)[C@@H](NC(=O)c1ccc(C(C)(C)C)cc1)C(=O)OC. The number of benzene rings is 1. The number of nitrogens with one attached hydrogen (secondary N) is 1. The molecule has 1 aromatic carbocycles. The van der Waals surface area contributed by atoms with Gasteiger partial charge in [0.1, 0.15) is 6.04 Å². The van der Waals surface area contributed by atoms with E-state index >= 15 is 0 Å². The summed E-state index contributed by atoms with van der Waals surface area (Å²) in [5.74, 6) is -0.643. The summed E-state index contributed by atoms with van der Waals surface area (Å²) in [6, 6.07) is 6.86. The second-order valence-corrected chi connectivity index (χ2v) is 6.69. The lowest BCUT2D eigenvalue weighted by Gasteiger charge is -2.22. The third kappa shape index (κ3) is 4.58. The molecule has 1 amide bonds. The average molecular weight is 305 g/mol. The lowest BCUT2D eigenvalue weighted by Crippen LogP contribution is -2.45. The fourth-order valence-electron chi connectivity index (χ4n) is 2.14. The van der Waals surface area contributed by atoms with Gasteiger partial charge < -0.3 is 10.1 Å². The number of amides is 1. The third-order valence-electron chi connectivity index (χ3n) is 3.97. The zero-order chi connectivity index (χ0) is 16.9. The molecule has 4 heteroatoms. The maximum absolute atomic E-state index is 12.3. The normalized spacial score (nSPS) is 14.1. The molecule has 1 N–H and O–H groups in total. The van der Waals surface area contributed by atoms with Gasteiger partial charge in [0, 0.05) is 5.56 Å². The van der Waals surface area contributed by atoms with Crippen molar-refractivity contribution in [2.24, 2.45) is 5.92 Å². The first-order chi connectivity index (χ1) is 10.2. The molecule has 2 atom stereocenters. The highest BCUT2D eigenvalue weighted by molar-refractivity contribution is 5.96. The minimum atomic E-state index is -0.621. The summed E-state index contributed by atoms with van der Waals surface area (Å²) < 4.78 is 4.78. The highest BCUT2D eigenvalue weighted by Crippen LogP contribution is 2.22. The quantitative estimate of drug-likeness (QED) is 0.849. The zero-order valence-electron chi connectivity index (χ0n) is 14.4. The van der Waals surface area contributed by atoms with Crippen molar-refractivity contribution in [2.45, 2.75) is 52.5 Å². The molecule has 0 heterocycles. The molecule has 0 aromatic heterocycles. The molecule has 1 aromatic rings. The Bertz CT molecular complexity index is 514. The molecule has 0 aliphatic rings. The van der Waals surface area contributed by atoms with Crippen LogP contribution < -0.4 is 5.32 Å². The molecule has 0 saturated heterocycles. The highest BCUT2D eigenvalue weighted by Gasteiger charge is 2.27. The minimum Gasteiger partial charge on any atom is -0.467 e. The molecule has 1 rings (SSSR count). The van der Waals surface area contributed by atoms with E-state index in [1.807, 2.05) is 26.0 Å². The monoisotopic (exact) mass is 305 g/mol. The maximum atomic E-state index is 12.3. The molecular weight excluding hydrogens is 278 g/mol. The Balaban J connectivity index is 2.88. The zero-order valence-corrected chi connectivity index (χ0v) is 14.4. The van der Waals surface area contributed by atoms with Crippen molar-refractivity contribution in [3.63, 3.8) is 0 Å². The van der Waals surface area contributed by atoms with Crippen LogP contribution in [-0.2, 0) is 14.9 Å². The average Bonchev–Trinajstić information content (AvgIpc) is 2.50. The predicted molar refractivity (Wildman–Crippen MR) is 87.9 cm³/mol. The van der Waals surface area contributed by atoms with Crippen LogP contribution in [0.15, 0.2) is 24.3 Å². The number of methoxy groups -OCH3 is 1. The number of hydrogen-bond acceptors (Lipinski definition) is 3. The fourth-order valence-corrected chi connectivity index (χ4v) is 2.14. The fraction of sp³-hybridized carbons (Fsp3) is 0.556. The van der Waals surface area contributed by atoms with E-state index in [9.17, 15) is 9.59 Å². The first kappa shape index (κ1) is 18.2. The second kappa shape index (κ2) is 7.43. The van der Waals surface area contributed by atoms with Gasteiger partial charge in [-0.05, 0) is 29.0 Å². The summed E-state index contributed by atoms with van der Waals surface area (Å²) in [7, 11) is 1.34. The van der Waals surface area contributed by atoms with Gasteiger partial charge in [-0.1, -0.05) is 53.2 Å². The molecule has 0 fully saturated rings. The van der Waals surface area contributed by atoms with Crippen molar-refractivity contribution >= 4 is 11.9 Å². The van der Waals surface area contributed by atoms with Gasteiger partial charge in [0.15, 0.2) is 0 Å². The number of hydrogen-bond donors (Lipinski definition) is 1. The number of esters is 1. The van der Waals surface area contributed by atoms with Gasteiger partial charge in [0.2, 0.25) is 0 Å². The van der Waals surface area contributed by atoms with Crippen molar-refractivity contribution < 1.29 is 14.3 Å². The Morgan fingerprint density at radius 2 is 1.73 bits per heavy atom. The van der Waals surface area contributed by atoms with Crippen molar-refractivity contribution in [1.29, 1.82) is 0 Å². The summed E-state index contributed by atoms with van der Waals surface area (Å²) in [6.07, 6.45) is 0.781. The van der Waals surface area contributed by atoms with E-state index in [-0.39, 0.29) is 17.2 Å². The molecule has 0 spiro atoms. The molecule has 0 bridgehead atoms. The second-order valence-electron chi connectivity index (χ2n) is 6.69. The Morgan fingerprint density at radius 1 is 1.18 bits per heavy atom. The third-order valence-corrected chi connectivity index (χ3v) is 3.97. The van der Waals surface area contributed by atoms with E-state index in [1.54, 1.807) is 12.1 Å². The Kier molecular flexibility index (Phi) is 6.15. The van der Waals surface area contributed by atoms with Gasteiger partial charge in [-0.2, -0.15) is 0 Å². The molecule has 0 aliphatic carbocycles. The van der Waals surface area contributed by atoms with E-state index in [1.165, 1.54) is 7.11 Å². The van der Waals surface area contributed by atoms with E-state index in [0.29, 0.717) is 5.56 Å². The van der Waals surface area contributed by atoms with Crippen LogP contribution in [0.4, 0.5) is 0 Å². The number of carbonyl (C=O) groups excluding carboxylic acids is 2. The minimum absolute atomic E-state index is 0.0187. The largest absolute Gasteiger partial charge is 0.467 e. The van der Waals surface area contributed by atoms with Crippen molar-refractivity contribution in [3.8, 4) is 0 Å². The van der Waals surface area contributed by atoms with E-state index < -0.39 is 12.0 Å². The summed E-state index contributed by atoms with van der Waals surface area (Å²) in [5.41, 5.74) is 1.75. The van der Waals surface area contributed by atoms with Crippen LogP contribution in [0.5, 0.6) is 0 Å². The molecule has 0 unspecified atom stereocenters. The number of rotatable bonds is 5. The molecule has 0 saturated carbocycles. The highest BCUT2D eigenvalue weighted by atomic mass is 16.5. The van der Waals surface area contributed by atoms with Crippen LogP contribution in [0.25, 0.3) is 0 Å². The Morgan fingerprint density at radius 3 is 2.14 bits per heavy atom. The van der Waals surface area contributed by atoms with Crippen molar-refractivity contribution in [3.05, 3.63) is 35.4 Å².